The van der Waals surface area contributed by atoms with E-state index >= 15 is 0 Å². The number of nitrogens with zero attached hydrogens (tertiary/aromatic N) is 1. The standard InChI is InChI=1S/C27H29N3O3/c1-19-5-8-23(9-6-19)18-33-24-12-10-22(11-13-24)17-28-30-27(32)15-14-26(31)29-25-16-20(2)4-7-21(25)3/h4-13,16-17H,14-15,18H2,1-3H3,(H,29,31)(H,30,32). The fourth-order valence-electron chi connectivity index (χ4n) is 3.05. The van der Waals surface area contributed by atoms with Gasteiger partial charge < -0.3 is 10.1 Å². The number of hydrogen-bond donors (Lipinski definition) is 2. The van der Waals surface area contributed by atoms with Crippen molar-refractivity contribution >= 4 is 23.7 Å². The third-order valence-electron chi connectivity index (χ3n) is 5.06. The average Bonchev–Trinajstić information content (AvgIpc) is 2.80. The number of hydrazone groups is 1. The van der Waals surface area contributed by atoms with E-state index in [0.29, 0.717) is 6.61 Å². The van der Waals surface area contributed by atoms with Gasteiger partial charge in [-0.25, -0.2) is 5.43 Å². The van der Waals surface area contributed by atoms with Crippen LogP contribution < -0.4 is 15.5 Å². The van der Waals surface area contributed by atoms with Crippen molar-refractivity contribution in [2.75, 3.05) is 5.32 Å². The molecule has 2 amide bonds. The van der Waals surface area contributed by atoms with Crippen LogP contribution in [0.4, 0.5) is 5.69 Å². The number of ether oxygens (including phenoxy) is 1. The molecule has 0 spiro atoms. The minimum absolute atomic E-state index is 0.0554. The van der Waals surface area contributed by atoms with Crippen LogP contribution >= 0.6 is 0 Å². The van der Waals surface area contributed by atoms with E-state index in [4.69, 9.17) is 4.74 Å². The van der Waals surface area contributed by atoms with Crippen LogP contribution in [0.3, 0.4) is 0 Å². The van der Waals surface area contributed by atoms with Gasteiger partial charge in [-0.2, -0.15) is 5.10 Å². The smallest absolute Gasteiger partial charge is 0.240 e. The van der Waals surface area contributed by atoms with Crippen LogP contribution in [0.25, 0.3) is 0 Å². The van der Waals surface area contributed by atoms with Gasteiger partial charge >= 0.3 is 0 Å². The Morgan fingerprint density at radius 1 is 0.848 bits per heavy atom. The lowest BCUT2D eigenvalue weighted by Gasteiger charge is -2.09. The molecule has 0 unspecified atom stereocenters. The predicted molar refractivity (Wildman–Crippen MR) is 131 cm³/mol. The van der Waals surface area contributed by atoms with E-state index in [1.807, 2.05) is 68.4 Å². The molecule has 0 saturated heterocycles. The van der Waals surface area contributed by atoms with Crippen molar-refractivity contribution in [2.24, 2.45) is 5.10 Å². The Hall–Kier alpha value is -3.93. The monoisotopic (exact) mass is 443 g/mol. The summed E-state index contributed by atoms with van der Waals surface area (Å²) in [4.78, 5) is 24.1. The molecule has 170 valence electrons. The SMILES string of the molecule is Cc1ccc(COc2ccc(C=NNC(=O)CCC(=O)Nc3cc(C)ccc3C)cc2)cc1. The summed E-state index contributed by atoms with van der Waals surface area (Å²) >= 11 is 0. The van der Waals surface area contributed by atoms with Gasteiger partial charge in [0.15, 0.2) is 0 Å². The zero-order valence-corrected chi connectivity index (χ0v) is 19.2. The summed E-state index contributed by atoms with van der Waals surface area (Å²) in [6, 6.07) is 21.5. The van der Waals surface area contributed by atoms with Crippen LogP contribution in [-0.4, -0.2) is 18.0 Å². The van der Waals surface area contributed by atoms with Gasteiger partial charge in [0.25, 0.3) is 0 Å². The first-order valence-corrected chi connectivity index (χ1v) is 10.9. The summed E-state index contributed by atoms with van der Waals surface area (Å²) < 4.78 is 5.79. The highest BCUT2D eigenvalue weighted by Crippen LogP contribution is 2.17. The van der Waals surface area contributed by atoms with E-state index in [0.717, 1.165) is 33.7 Å². The Morgan fingerprint density at radius 3 is 2.24 bits per heavy atom. The Morgan fingerprint density at radius 2 is 1.52 bits per heavy atom. The maximum atomic E-state index is 12.1. The molecule has 2 N–H and O–H groups in total. The number of anilines is 1. The molecule has 0 aromatic heterocycles. The van der Waals surface area contributed by atoms with Crippen LogP contribution in [-0.2, 0) is 16.2 Å². The summed E-state index contributed by atoms with van der Waals surface area (Å²) in [6.07, 6.45) is 1.69. The van der Waals surface area contributed by atoms with Crippen molar-refractivity contribution in [1.29, 1.82) is 0 Å². The summed E-state index contributed by atoms with van der Waals surface area (Å²) in [7, 11) is 0. The first-order valence-electron chi connectivity index (χ1n) is 10.9. The number of nitrogens with one attached hydrogen (secondary N) is 2. The van der Waals surface area contributed by atoms with Crippen molar-refractivity contribution in [2.45, 2.75) is 40.2 Å². The molecule has 0 aliphatic carbocycles. The molecule has 0 fully saturated rings. The molecule has 33 heavy (non-hydrogen) atoms. The minimum atomic E-state index is -0.319. The Bertz CT molecular complexity index is 1120. The molecule has 0 aliphatic rings. The minimum Gasteiger partial charge on any atom is -0.489 e. The van der Waals surface area contributed by atoms with Gasteiger partial charge in [-0.15, -0.1) is 0 Å². The van der Waals surface area contributed by atoms with Gasteiger partial charge in [0.2, 0.25) is 11.8 Å². The highest BCUT2D eigenvalue weighted by molar-refractivity contribution is 5.94. The van der Waals surface area contributed by atoms with Crippen LogP contribution in [0.1, 0.15) is 40.7 Å². The Labute approximate surface area is 194 Å². The average molecular weight is 444 g/mol. The molecule has 3 aromatic rings. The summed E-state index contributed by atoms with van der Waals surface area (Å²) in [5.74, 6) is 0.232. The molecular formula is C27H29N3O3. The number of carbonyl (C=O) groups is 2. The van der Waals surface area contributed by atoms with E-state index in [9.17, 15) is 9.59 Å². The molecule has 3 aromatic carbocycles. The highest BCUT2D eigenvalue weighted by atomic mass is 16.5. The van der Waals surface area contributed by atoms with E-state index in [-0.39, 0.29) is 24.7 Å². The summed E-state index contributed by atoms with van der Waals surface area (Å²) in [5, 5.41) is 6.81. The second-order valence-corrected chi connectivity index (χ2v) is 8.00. The Balaban J connectivity index is 1.39. The number of benzene rings is 3. The summed E-state index contributed by atoms with van der Waals surface area (Å²) in [5.41, 5.74) is 8.42. The quantitative estimate of drug-likeness (QED) is 0.358. The van der Waals surface area contributed by atoms with Crippen molar-refractivity contribution in [1.82, 2.24) is 5.43 Å². The maximum Gasteiger partial charge on any atom is 0.240 e. The number of carbonyl (C=O) groups excluding carboxylic acids is 2. The first-order chi connectivity index (χ1) is 15.9. The molecule has 0 aliphatic heterocycles. The largest absolute Gasteiger partial charge is 0.489 e. The molecule has 6 heteroatoms. The predicted octanol–water partition coefficient (Wildman–Crippen LogP) is 5.06. The second-order valence-electron chi connectivity index (χ2n) is 8.00. The van der Waals surface area contributed by atoms with E-state index < -0.39 is 0 Å². The van der Waals surface area contributed by atoms with Crippen molar-refractivity contribution < 1.29 is 14.3 Å². The fourth-order valence-corrected chi connectivity index (χ4v) is 3.05. The normalized spacial score (nSPS) is 10.8. The first kappa shape index (κ1) is 23.7. The maximum absolute atomic E-state index is 12.1. The van der Waals surface area contributed by atoms with Gasteiger partial charge in [0, 0.05) is 18.5 Å². The lowest BCUT2D eigenvalue weighted by molar-refractivity contribution is -0.124. The zero-order valence-electron chi connectivity index (χ0n) is 19.2. The van der Waals surface area contributed by atoms with Gasteiger partial charge in [0.1, 0.15) is 12.4 Å². The number of rotatable bonds is 9. The number of amides is 2. The zero-order chi connectivity index (χ0) is 23.6. The van der Waals surface area contributed by atoms with Gasteiger partial charge in [0.05, 0.1) is 6.21 Å². The molecule has 0 saturated carbocycles. The third-order valence-corrected chi connectivity index (χ3v) is 5.06. The number of hydrogen-bond acceptors (Lipinski definition) is 4. The lowest BCUT2D eigenvalue weighted by atomic mass is 10.1. The van der Waals surface area contributed by atoms with Crippen molar-refractivity contribution in [3.63, 3.8) is 0 Å². The molecule has 0 heterocycles. The summed E-state index contributed by atoms with van der Waals surface area (Å²) in [6.45, 7) is 6.45. The molecule has 3 rings (SSSR count). The molecule has 0 bridgehead atoms. The van der Waals surface area contributed by atoms with Crippen molar-refractivity contribution in [3.8, 4) is 5.75 Å². The van der Waals surface area contributed by atoms with Crippen LogP contribution in [0.15, 0.2) is 71.8 Å². The van der Waals surface area contributed by atoms with Gasteiger partial charge in [-0.05, 0) is 73.4 Å². The molecule has 6 nitrogen and oxygen atoms in total. The third kappa shape index (κ3) is 7.92. The van der Waals surface area contributed by atoms with Gasteiger partial charge in [-0.3, -0.25) is 9.59 Å². The number of aryl methyl sites for hydroxylation is 3. The van der Waals surface area contributed by atoms with Gasteiger partial charge in [-0.1, -0.05) is 42.0 Å². The van der Waals surface area contributed by atoms with Crippen LogP contribution in [0.5, 0.6) is 5.75 Å². The molecule has 0 radical (unpaired) electrons. The molecular weight excluding hydrogens is 414 g/mol. The second kappa shape index (κ2) is 11.6. The lowest BCUT2D eigenvalue weighted by Crippen LogP contribution is -2.20. The van der Waals surface area contributed by atoms with Crippen LogP contribution in [0, 0.1) is 20.8 Å². The Kier molecular flexibility index (Phi) is 8.36. The fraction of sp³-hybridized carbons (Fsp3) is 0.222. The van der Waals surface area contributed by atoms with E-state index in [1.165, 1.54) is 5.56 Å². The highest BCUT2D eigenvalue weighted by Gasteiger charge is 2.08. The van der Waals surface area contributed by atoms with Crippen molar-refractivity contribution in [3.05, 3.63) is 94.5 Å². The topological polar surface area (TPSA) is 79.8 Å². The molecule has 0 atom stereocenters. The van der Waals surface area contributed by atoms with Crippen LogP contribution in [0.2, 0.25) is 0 Å². The van der Waals surface area contributed by atoms with E-state index in [1.54, 1.807) is 6.21 Å². The van der Waals surface area contributed by atoms with E-state index in [2.05, 4.69) is 34.9 Å².